The molecular formula is C24H27N3O2. The lowest BCUT2D eigenvalue weighted by Gasteiger charge is -2.54. The number of nitrogens with zero attached hydrogens (tertiary/aromatic N) is 1. The summed E-state index contributed by atoms with van der Waals surface area (Å²) in [4.78, 5) is 28.8. The van der Waals surface area contributed by atoms with Crippen molar-refractivity contribution in [2.45, 2.75) is 31.0 Å². The van der Waals surface area contributed by atoms with Gasteiger partial charge in [0, 0.05) is 31.0 Å². The van der Waals surface area contributed by atoms with Crippen LogP contribution in [0.15, 0.2) is 60.7 Å². The van der Waals surface area contributed by atoms with Crippen LogP contribution >= 0.6 is 0 Å². The predicted molar refractivity (Wildman–Crippen MR) is 111 cm³/mol. The molecule has 2 amide bonds. The molecule has 6 rings (SSSR count). The van der Waals surface area contributed by atoms with Crippen molar-refractivity contribution in [3.63, 3.8) is 0 Å². The topological polar surface area (TPSA) is 61.4 Å². The number of fused-ring (bicyclic) bond motifs is 1. The molecule has 2 aromatic rings. The number of nitrogens with one attached hydrogen (secondary N) is 2. The summed E-state index contributed by atoms with van der Waals surface area (Å²) < 4.78 is 0. The maximum Gasteiger partial charge on any atom is 0.248 e. The molecule has 5 nitrogen and oxygen atoms in total. The van der Waals surface area contributed by atoms with Crippen LogP contribution in [-0.2, 0) is 22.6 Å². The Morgan fingerprint density at radius 2 is 1.76 bits per heavy atom. The highest BCUT2D eigenvalue weighted by Crippen LogP contribution is 2.53. The van der Waals surface area contributed by atoms with Gasteiger partial charge in [-0.15, -0.1) is 0 Å². The van der Waals surface area contributed by atoms with E-state index in [1.807, 2.05) is 48.5 Å². The molecule has 0 aromatic heterocycles. The van der Waals surface area contributed by atoms with E-state index in [4.69, 9.17) is 0 Å². The Morgan fingerprint density at radius 1 is 1.10 bits per heavy atom. The van der Waals surface area contributed by atoms with Crippen LogP contribution in [0.4, 0.5) is 0 Å². The highest BCUT2D eigenvalue weighted by atomic mass is 16.2. The number of rotatable bonds is 5. The van der Waals surface area contributed by atoms with Crippen LogP contribution in [0.25, 0.3) is 0 Å². The molecular weight excluding hydrogens is 362 g/mol. The highest BCUT2D eigenvalue weighted by molar-refractivity contribution is 5.97. The zero-order valence-corrected chi connectivity index (χ0v) is 16.7. The SMILES string of the molecule is CN1C[C@@H]2C[C@H]3C(=O)N[C@]2(C(=O)NCc2ccccc2)[C@@H]1[C@@H]3Cc1ccccc1. The van der Waals surface area contributed by atoms with E-state index in [0.717, 1.165) is 24.9 Å². The smallest absolute Gasteiger partial charge is 0.248 e. The Balaban J connectivity index is 1.44. The first-order valence-corrected chi connectivity index (χ1v) is 10.5. The van der Waals surface area contributed by atoms with Gasteiger partial charge in [-0.2, -0.15) is 0 Å². The number of carbonyl (C=O) groups excluding carboxylic acids is 2. The number of piperidine rings is 2. The van der Waals surface area contributed by atoms with Crippen LogP contribution in [0.5, 0.6) is 0 Å². The van der Waals surface area contributed by atoms with E-state index < -0.39 is 5.54 Å². The molecule has 4 fully saturated rings. The second kappa shape index (κ2) is 6.99. The molecule has 2 aromatic carbocycles. The number of hydrogen-bond acceptors (Lipinski definition) is 3. The fourth-order valence-electron chi connectivity index (χ4n) is 6.04. The Morgan fingerprint density at radius 3 is 2.45 bits per heavy atom. The van der Waals surface area contributed by atoms with E-state index in [1.54, 1.807) is 0 Å². The quantitative estimate of drug-likeness (QED) is 0.822. The standard InChI is InChI=1S/C24H27N3O2/c1-27-15-18-13-20-19(12-16-8-4-2-5-9-16)21(27)24(18,26-22(20)28)23(29)25-14-17-10-6-3-7-11-17/h2-11,18-21H,12-15H2,1H3,(H,25,29)(H,26,28)/t18-,19+,20+,21-,24-/m0/s1. The number of benzene rings is 2. The van der Waals surface area contributed by atoms with Crippen molar-refractivity contribution in [1.29, 1.82) is 0 Å². The molecule has 3 heterocycles. The van der Waals surface area contributed by atoms with E-state index in [0.29, 0.717) is 6.54 Å². The average Bonchev–Trinajstić information content (AvgIpc) is 2.95. The third kappa shape index (κ3) is 2.87. The molecule has 5 heteroatoms. The third-order valence-corrected chi connectivity index (χ3v) is 7.21. The van der Waals surface area contributed by atoms with Crippen molar-refractivity contribution >= 4 is 11.8 Å². The van der Waals surface area contributed by atoms with Gasteiger partial charge in [-0.3, -0.25) is 14.5 Å². The first kappa shape index (κ1) is 18.4. The fourth-order valence-corrected chi connectivity index (χ4v) is 6.04. The van der Waals surface area contributed by atoms with Crippen molar-refractivity contribution in [2.24, 2.45) is 17.8 Å². The van der Waals surface area contributed by atoms with Gasteiger partial charge in [0.05, 0.1) is 0 Å². The monoisotopic (exact) mass is 389 g/mol. The van der Waals surface area contributed by atoms with Gasteiger partial charge in [-0.25, -0.2) is 0 Å². The van der Waals surface area contributed by atoms with Crippen LogP contribution in [0, 0.1) is 17.8 Å². The van der Waals surface area contributed by atoms with Crippen molar-refractivity contribution < 1.29 is 9.59 Å². The minimum atomic E-state index is -0.825. The minimum absolute atomic E-state index is 0.0149. The number of amides is 2. The summed E-state index contributed by atoms with van der Waals surface area (Å²) in [6.45, 7) is 1.33. The van der Waals surface area contributed by atoms with Crippen molar-refractivity contribution in [1.82, 2.24) is 15.5 Å². The Kier molecular flexibility index (Phi) is 4.43. The first-order valence-electron chi connectivity index (χ1n) is 10.5. The van der Waals surface area contributed by atoms with Crippen molar-refractivity contribution in [3.05, 3.63) is 71.8 Å². The van der Waals surface area contributed by atoms with Gasteiger partial charge >= 0.3 is 0 Å². The summed E-state index contributed by atoms with van der Waals surface area (Å²) >= 11 is 0. The van der Waals surface area contributed by atoms with Crippen LogP contribution in [-0.4, -0.2) is 41.9 Å². The summed E-state index contributed by atoms with van der Waals surface area (Å²) in [6.07, 6.45) is 1.62. The Labute approximate surface area is 171 Å². The molecule has 1 aliphatic carbocycles. The first-order chi connectivity index (χ1) is 14.1. The molecule has 3 aliphatic heterocycles. The van der Waals surface area contributed by atoms with Gasteiger partial charge in [0.2, 0.25) is 11.8 Å². The van der Waals surface area contributed by atoms with Gasteiger partial charge in [-0.1, -0.05) is 60.7 Å². The minimum Gasteiger partial charge on any atom is -0.350 e. The van der Waals surface area contributed by atoms with Crippen LogP contribution in [0.1, 0.15) is 17.5 Å². The zero-order valence-electron chi connectivity index (χ0n) is 16.7. The second-order valence-corrected chi connectivity index (χ2v) is 8.80. The van der Waals surface area contributed by atoms with Gasteiger partial charge in [0.25, 0.3) is 0 Å². The molecule has 3 saturated heterocycles. The molecule has 2 N–H and O–H groups in total. The number of carbonyl (C=O) groups is 2. The lowest BCUT2D eigenvalue weighted by molar-refractivity contribution is -0.153. The maximum atomic E-state index is 13.5. The normalized spacial score (nSPS) is 32.8. The van der Waals surface area contributed by atoms with Crippen LogP contribution in [0.3, 0.4) is 0 Å². The maximum absolute atomic E-state index is 13.5. The molecule has 5 atom stereocenters. The third-order valence-electron chi connectivity index (χ3n) is 7.21. The Hall–Kier alpha value is -2.66. The van der Waals surface area contributed by atoms with E-state index in [-0.39, 0.29) is 35.6 Å². The van der Waals surface area contributed by atoms with E-state index in [9.17, 15) is 9.59 Å². The molecule has 4 aliphatic rings. The predicted octanol–water partition coefficient (Wildman–Crippen LogP) is 1.98. The van der Waals surface area contributed by atoms with E-state index in [1.165, 1.54) is 5.56 Å². The largest absolute Gasteiger partial charge is 0.350 e. The van der Waals surface area contributed by atoms with Gasteiger partial charge in [0.1, 0.15) is 5.54 Å². The molecule has 1 saturated carbocycles. The molecule has 150 valence electrons. The van der Waals surface area contributed by atoms with Crippen LogP contribution in [0.2, 0.25) is 0 Å². The van der Waals surface area contributed by atoms with Crippen molar-refractivity contribution in [2.75, 3.05) is 13.6 Å². The summed E-state index contributed by atoms with van der Waals surface area (Å²) in [5.74, 6) is 0.313. The fraction of sp³-hybridized carbons (Fsp3) is 0.417. The highest BCUT2D eigenvalue weighted by Gasteiger charge is 2.69. The zero-order chi connectivity index (χ0) is 20.0. The molecule has 29 heavy (non-hydrogen) atoms. The van der Waals surface area contributed by atoms with Crippen LogP contribution < -0.4 is 10.6 Å². The second-order valence-electron chi connectivity index (χ2n) is 8.80. The Bertz CT molecular complexity index is 916. The number of likely N-dealkylation sites (tertiary alicyclic amines) is 1. The number of hydrogen-bond donors (Lipinski definition) is 2. The lowest BCUT2D eigenvalue weighted by atomic mass is 9.58. The number of likely N-dealkylation sites (N-methyl/N-ethyl adjacent to an activating group) is 1. The summed E-state index contributed by atoms with van der Waals surface area (Å²) in [6, 6.07) is 20.3. The van der Waals surface area contributed by atoms with Crippen molar-refractivity contribution in [3.8, 4) is 0 Å². The molecule has 0 unspecified atom stereocenters. The summed E-state index contributed by atoms with van der Waals surface area (Å²) in [7, 11) is 2.10. The van der Waals surface area contributed by atoms with E-state index >= 15 is 0 Å². The average molecular weight is 389 g/mol. The summed E-state index contributed by atoms with van der Waals surface area (Å²) in [5.41, 5.74) is 1.47. The molecule has 0 radical (unpaired) electrons. The lowest BCUT2D eigenvalue weighted by Crippen LogP contribution is -2.77. The molecule has 4 bridgehead atoms. The molecule has 0 spiro atoms. The van der Waals surface area contributed by atoms with Gasteiger partial charge in [0.15, 0.2) is 0 Å². The van der Waals surface area contributed by atoms with Gasteiger partial charge in [-0.05, 0) is 36.9 Å². The summed E-state index contributed by atoms with van der Waals surface area (Å²) in [5, 5.41) is 6.31. The van der Waals surface area contributed by atoms with Gasteiger partial charge < -0.3 is 10.6 Å². The van der Waals surface area contributed by atoms with E-state index in [2.05, 4.69) is 34.7 Å².